The summed E-state index contributed by atoms with van der Waals surface area (Å²) in [7, 11) is -3.23. The average molecular weight is 251 g/mol. The third kappa shape index (κ3) is 5.32. The second kappa shape index (κ2) is 6.70. The van der Waals surface area contributed by atoms with Crippen molar-refractivity contribution < 1.29 is 13.6 Å². The highest BCUT2D eigenvalue weighted by molar-refractivity contribution is 7.89. The maximum Gasteiger partial charge on any atom is 0.214 e. The molecule has 3 N–H and O–H groups in total. The van der Waals surface area contributed by atoms with E-state index in [1.807, 2.05) is 13.8 Å². The van der Waals surface area contributed by atoms with Crippen LogP contribution in [0.25, 0.3) is 0 Å². The third-order valence-electron chi connectivity index (χ3n) is 2.04. The van der Waals surface area contributed by atoms with E-state index in [1.54, 1.807) is 6.92 Å². The number of oxime groups is 1. The Labute approximate surface area is 97.2 Å². The number of amidine groups is 1. The fraction of sp³-hybridized carbons (Fsp3) is 0.889. The molecule has 96 valence electrons. The van der Waals surface area contributed by atoms with Crippen LogP contribution in [0.3, 0.4) is 0 Å². The Balaban J connectivity index is 4.49. The van der Waals surface area contributed by atoms with Gasteiger partial charge in [-0.3, -0.25) is 0 Å². The van der Waals surface area contributed by atoms with Gasteiger partial charge in [0.05, 0.1) is 5.75 Å². The molecule has 0 saturated carbocycles. The lowest BCUT2D eigenvalue weighted by Gasteiger charge is -2.21. The van der Waals surface area contributed by atoms with Crippen molar-refractivity contribution in [1.82, 2.24) is 4.31 Å². The van der Waals surface area contributed by atoms with Gasteiger partial charge >= 0.3 is 0 Å². The molecule has 0 saturated heterocycles. The maximum atomic E-state index is 11.9. The largest absolute Gasteiger partial charge is 0.409 e. The van der Waals surface area contributed by atoms with Crippen LogP contribution in [-0.2, 0) is 10.0 Å². The lowest BCUT2D eigenvalue weighted by Crippen LogP contribution is -2.36. The molecule has 0 rings (SSSR count). The van der Waals surface area contributed by atoms with E-state index in [2.05, 4.69) is 5.16 Å². The first-order valence-electron chi connectivity index (χ1n) is 5.27. The van der Waals surface area contributed by atoms with Gasteiger partial charge in [-0.05, 0) is 5.92 Å². The summed E-state index contributed by atoms with van der Waals surface area (Å²) in [6, 6.07) is 0. The lowest BCUT2D eigenvalue weighted by atomic mass is 10.3. The molecule has 0 aliphatic carbocycles. The summed E-state index contributed by atoms with van der Waals surface area (Å²) in [5.74, 6) is 0.248. The van der Waals surface area contributed by atoms with Crippen LogP contribution in [0.15, 0.2) is 5.16 Å². The number of hydrogen-bond acceptors (Lipinski definition) is 4. The number of sulfonamides is 1. The molecule has 0 aromatic carbocycles. The van der Waals surface area contributed by atoms with E-state index < -0.39 is 10.0 Å². The molecule has 0 aliphatic heterocycles. The van der Waals surface area contributed by atoms with Crippen molar-refractivity contribution in [2.45, 2.75) is 27.2 Å². The van der Waals surface area contributed by atoms with Crippen molar-refractivity contribution in [2.24, 2.45) is 16.8 Å². The zero-order chi connectivity index (χ0) is 12.8. The van der Waals surface area contributed by atoms with Gasteiger partial charge in [0.25, 0.3) is 0 Å². The number of rotatable bonds is 7. The quantitative estimate of drug-likeness (QED) is 0.297. The summed E-state index contributed by atoms with van der Waals surface area (Å²) in [5.41, 5.74) is 5.30. The molecule has 0 heterocycles. The molecule has 0 aliphatic rings. The van der Waals surface area contributed by atoms with Gasteiger partial charge in [-0.25, -0.2) is 12.7 Å². The van der Waals surface area contributed by atoms with Crippen LogP contribution >= 0.6 is 0 Å². The van der Waals surface area contributed by atoms with Crippen LogP contribution in [0.1, 0.15) is 27.2 Å². The Hall–Kier alpha value is -0.820. The van der Waals surface area contributed by atoms with Crippen LogP contribution in [-0.4, -0.2) is 42.6 Å². The molecule has 0 unspecified atom stereocenters. The molecule has 0 atom stereocenters. The fourth-order valence-corrected chi connectivity index (χ4v) is 3.13. The second-order valence-corrected chi connectivity index (χ2v) is 6.02. The molecule has 0 bridgehead atoms. The second-order valence-electron chi connectivity index (χ2n) is 4.01. The van der Waals surface area contributed by atoms with E-state index in [4.69, 9.17) is 10.9 Å². The van der Waals surface area contributed by atoms with Crippen molar-refractivity contribution in [3.63, 3.8) is 0 Å². The third-order valence-corrected chi connectivity index (χ3v) is 4.35. The highest BCUT2D eigenvalue weighted by Gasteiger charge is 2.21. The van der Waals surface area contributed by atoms with Gasteiger partial charge in [0.1, 0.15) is 5.84 Å². The molecule has 0 aromatic rings. The number of nitrogens with zero attached hydrogens (tertiary/aromatic N) is 2. The minimum Gasteiger partial charge on any atom is -0.409 e. The SMILES string of the molecule is CCN(CCC(N)=NO)S(=O)(=O)CC(C)C. The number of hydrogen-bond donors (Lipinski definition) is 2. The summed E-state index contributed by atoms with van der Waals surface area (Å²) < 4.78 is 25.1. The van der Waals surface area contributed by atoms with Crippen LogP contribution in [0.5, 0.6) is 0 Å². The van der Waals surface area contributed by atoms with Crippen LogP contribution in [0.4, 0.5) is 0 Å². The fourth-order valence-electron chi connectivity index (χ4n) is 1.31. The van der Waals surface area contributed by atoms with Crippen molar-refractivity contribution in [2.75, 3.05) is 18.8 Å². The monoisotopic (exact) mass is 251 g/mol. The highest BCUT2D eigenvalue weighted by atomic mass is 32.2. The van der Waals surface area contributed by atoms with Gasteiger partial charge in [0, 0.05) is 19.5 Å². The molecule has 0 amide bonds. The Morgan fingerprint density at radius 3 is 2.44 bits per heavy atom. The molecule has 16 heavy (non-hydrogen) atoms. The standard InChI is InChI=1S/C9H21N3O3S/c1-4-12(6-5-9(10)11-13)16(14,15)7-8(2)3/h8,13H,4-7H2,1-3H3,(H2,10,11). The Morgan fingerprint density at radius 2 is 2.06 bits per heavy atom. The Morgan fingerprint density at radius 1 is 1.50 bits per heavy atom. The predicted octanol–water partition coefficient (Wildman–Crippen LogP) is 0.431. The molecule has 0 aromatic heterocycles. The molecule has 6 nitrogen and oxygen atoms in total. The van der Waals surface area contributed by atoms with Gasteiger partial charge < -0.3 is 10.9 Å². The van der Waals surface area contributed by atoms with Gasteiger partial charge in [-0.2, -0.15) is 0 Å². The molecular formula is C9H21N3O3S. The summed E-state index contributed by atoms with van der Waals surface area (Å²) in [6.07, 6.45) is 0.238. The first-order valence-corrected chi connectivity index (χ1v) is 6.88. The normalized spacial score (nSPS) is 13.7. The van der Waals surface area contributed by atoms with Crippen molar-refractivity contribution in [3.05, 3.63) is 0 Å². The van der Waals surface area contributed by atoms with Gasteiger partial charge in [-0.1, -0.05) is 25.9 Å². The maximum absolute atomic E-state index is 11.9. The summed E-state index contributed by atoms with van der Waals surface area (Å²) in [4.78, 5) is 0. The Bertz CT molecular complexity index is 325. The van der Waals surface area contributed by atoms with Gasteiger partial charge in [0.15, 0.2) is 0 Å². The zero-order valence-electron chi connectivity index (χ0n) is 10.0. The molecule has 7 heteroatoms. The van der Waals surface area contributed by atoms with E-state index in [1.165, 1.54) is 4.31 Å². The zero-order valence-corrected chi connectivity index (χ0v) is 10.9. The molecular weight excluding hydrogens is 230 g/mol. The van der Waals surface area contributed by atoms with E-state index in [0.717, 1.165) is 0 Å². The molecule has 0 spiro atoms. The van der Waals surface area contributed by atoms with E-state index in [9.17, 15) is 8.42 Å². The summed E-state index contributed by atoms with van der Waals surface area (Å²) >= 11 is 0. The average Bonchev–Trinajstić information content (AvgIpc) is 2.15. The van der Waals surface area contributed by atoms with E-state index in [0.29, 0.717) is 6.54 Å². The molecule has 0 fully saturated rings. The summed E-state index contributed by atoms with van der Waals surface area (Å²) in [5, 5.41) is 11.2. The van der Waals surface area contributed by atoms with Crippen LogP contribution in [0.2, 0.25) is 0 Å². The molecule has 0 radical (unpaired) electrons. The first-order chi connectivity index (χ1) is 7.33. The lowest BCUT2D eigenvalue weighted by molar-refractivity contribution is 0.315. The van der Waals surface area contributed by atoms with Gasteiger partial charge in [-0.15, -0.1) is 0 Å². The van der Waals surface area contributed by atoms with Crippen molar-refractivity contribution in [3.8, 4) is 0 Å². The van der Waals surface area contributed by atoms with Crippen molar-refractivity contribution >= 4 is 15.9 Å². The van der Waals surface area contributed by atoms with E-state index >= 15 is 0 Å². The van der Waals surface area contributed by atoms with Gasteiger partial charge in [0.2, 0.25) is 10.0 Å². The Kier molecular flexibility index (Phi) is 6.35. The minimum atomic E-state index is -3.23. The minimum absolute atomic E-state index is 0.0400. The predicted molar refractivity (Wildman–Crippen MR) is 63.9 cm³/mol. The van der Waals surface area contributed by atoms with Crippen LogP contribution < -0.4 is 5.73 Å². The number of nitrogens with two attached hydrogens (primary N) is 1. The highest BCUT2D eigenvalue weighted by Crippen LogP contribution is 2.07. The topological polar surface area (TPSA) is 96.0 Å². The smallest absolute Gasteiger partial charge is 0.214 e. The van der Waals surface area contributed by atoms with E-state index in [-0.39, 0.29) is 30.5 Å². The van der Waals surface area contributed by atoms with Crippen molar-refractivity contribution in [1.29, 1.82) is 0 Å². The van der Waals surface area contributed by atoms with Crippen LogP contribution in [0, 0.1) is 5.92 Å². The summed E-state index contributed by atoms with van der Waals surface area (Å²) in [6.45, 7) is 6.13. The first kappa shape index (κ1) is 15.2.